The first-order valence-electron chi connectivity index (χ1n) is 12.2. The predicted molar refractivity (Wildman–Crippen MR) is 153 cm³/mol. The van der Waals surface area contributed by atoms with Crippen LogP contribution in [0.2, 0.25) is 0 Å². The van der Waals surface area contributed by atoms with Crippen LogP contribution in [0.1, 0.15) is 22.2 Å². The number of carbonyl (C=O) groups excluding carboxylic acids is 1. The summed E-state index contributed by atoms with van der Waals surface area (Å²) in [6, 6.07) is 23.6. The molecule has 0 saturated heterocycles. The lowest BCUT2D eigenvalue weighted by Crippen LogP contribution is -2.49. The fraction of sp³-hybridized carbons (Fsp3) is 0.179. The van der Waals surface area contributed by atoms with Crippen LogP contribution >= 0.6 is 11.3 Å². The van der Waals surface area contributed by atoms with Gasteiger partial charge in [-0.2, -0.15) is 8.42 Å². The lowest BCUT2D eigenvalue weighted by atomic mass is 10.0. The Morgan fingerprint density at radius 1 is 0.925 bits per heavy atom. The molecule has 0 aliphatic carbocycles. The normalized spacial score (nSPS) is 12.8. The van der Waals surface area contributed by atoms with Gasteiger partial charge in [0.2, 0.25) is 5.91 Å². The van der Waals surface area contributed by atoms with Crippen molar-refractivity contribution in [3.63, 3.8) is 0 Å². The molecule has 0 bridgehead atoms. The quantitative estimate of drug-likeness (QED) is 0.189. The Hall–Kier alpha value is -4.26. The molecule has 4 rings (SSSR count). The Kier molecular flexibility index (Phi) is 9.15. The average Bonchev–Trinajstić information content (AvgIpc) is 3.43. The molecule has 4 N–H and O–H groups in total. The summed E-state index contributed by atoms with van der Waals surface area (Å²) < 4.78 is 33.3. The van der Waals surface area contributed by atoms with Gasteiger partial charge in [0, 0.05) is 19.7 Å². The zero-order valence-electron chi connectivity index (χ0n) is 21.5. The summed E-state index contributed by atoms with van der Waals surface area (Å²) in [6.07, 6.45) is 0.994. The molecule has 2 atom stereocenters. The van der Waals surface area contributed by atoms with Crippen molar-refractivity contribution < 1.29 is 27.7 Å². The maximum absolute atomic E-state index is 13.6. The van der Waals surface area contributed by atoms with E-state index in [1.54, 1.807) is 18.3 Å². The molecule has 1 aromatic heterocycles. The minimum atomic E-state index is -4.41. The third-order valence-electron chi connectivity index (χ3n) is 6.18. The minimum absolute atomic E-state index is 0.179. The summed E-state index contributed by atoms with van der Waals surface area (Å²) in [7, 11) is -3.05. The molecule has 10 nitrogen and oxygen atoms in total. The Balaban J connectivity index is 1.62. The number of amides is 2. The molecule has 0 aliphatic rings. The van der Waals surface area contributed by atoms with E-state index in [1.165, 1.54) is 30.5 Å². The van der Waals surface area contributed by atoms with Crippen LogP contribution in [-0.2, 0) is 27.9 Å². The van der Waals surface area contributed by atoms with Crippen LogP contribution in [0.25, 0.3) is 10.4 Å². The van der Waals surface area contributed by atoms with Crippen LogP contribution < -0.4 is 10.0 Å². The van der Waals surface area contributed by atoms with Crippen molar-refractivity contribution in [2.45, 2.75) is 24.9 Å². The first-order chi connectivity index (χ1) is 19.1. The second kappa shape index (κ2) is 12.7. The number of aromatic nitrogens is 1. The largest absolute Gasteiger partial charge is 0.465 e. The number of hydrogen-bond donors (Lipinski definition) is 4. The number of likely N-dealkylation sites (N-methyl/N-ethyl adjacent to an activating group) is 1. The highest BCUT2D eigenvalue weighted by molar-refractivity contribution is 7.87. The molecule has 4 aromatic rings. The van der Waals surface area contributed by atoms with Crippen LogP contribution in [0.5, 0.6) is 0 Å². The topological polar surface area (TPSA) is 149 Å². The van der Waals surface area contributed by atoms with Crippen molar-refractivity contribution >= 4 is 39.3 Å². The number of carbonyl (C=O) groups is 2. The van der Waals surface area contributed by atoms with Crippen molar-refractivity contribution in [3.8, 4) is 10.4 Å². The number of carboxylic acid groups (broad SMARTS) is 1. The fourth-order valence-electron chi connectivity index (χ4n) is 4.12. The van der Waals surface area contributed by atoms with Gasteiger partial charge in [0.25, 0.3) is 0 Å². The molecule has 0 spiro atoms. The summed E-state index contributed by atoms with van der Waals surface area (Å²) in [6.45, 7) is 0. The van der Waals surface area contributed by atoms with Gasteiger partial charge in [-0.15, -0.1) is 11.3 Å². The molecule has 0 radical (unpaired) electrons. The van der Waals surface area contributed by atoms with Crippen LogP contribution in [0.3, 0.4) is 0 Å². The van der Waals surface area contributed by atoms with Crippen LogP contribution in [0.15, 0.2) is 91.1 Å². The predicted octanol–water partition coefficient (Wildman–Crippen LogP) is 4.65. The van der Waals surface area contributed by atoms with E-state index in [0.29, 0.717) is 11.4 Å². The monoisotopic (exact) mass is 580 g/mol. The summed E-state index contributed by atoms with van der Waals surface area (Å²) in [5.41, 5.74) is 2.73. The van der Waals surface area contributed by atoms with E-state index in [9.17, 15) is 23.1 Å². The SMILES string of the molecule is CN(C(=O)O)[C@@H](Cc1ccccc1)C(=O)N[C@@H](Cc1ccc(NS(=O)(=O)O)cc1)c1ncc(-c2ccccc2)s1. The van der Waals surface area contributed by atoms with Crippen molar-refractivity contribution in [2.75, 3.05) is 11.8 Å². The van der Waals surface area contributed by atoms with E-state index in [2.05, 4.69) is 10.3 Å². The second-order valence-electron chi connectivity index (χ2n) is 9.07. The molecule has 0 unspecified atom stereocenters. The second-order valence-corrected chi connectivity index (χ2v) is 11.3. The molecular formula is C28H28N4O6S2. The van der Waals surface area contributed by atoms with Gasteiger partial charge in [-0.25, -0.2) is 9.78 Å². The molecule has 0 fully saturated rings. The number of nitrogens with one attached hydrogen (secondary N) is 2. The Morgan fingerprint density at radius 2 is 1.52 bits per heavy atom. The standard InChI is InChI=1S/C28H28N4O6S2/c1-32(28(34)35)24(17-19-8-4-2-5-9-19)26(33)30-23(16-20-12-14-22(15-13-20)31-40(36,37)38)27-29-18-25(39-27)21-10-6-3-7-11-21/h2-15,18,23-24,31H,16-17H2,1H3,(H,30,33)(H,34,35)(H,36,37,38)/t23-,24-/m0/s1. The first-order valence-corrected chi connectivity index (χ1v) is 14.5. The van der Waals surface area contributed by atoms with Gasteiger partial charge < -0.3 is 10.4 Å². The van der Waals surface area contributed by atoms with E-state index < -0.39 is 34.4 Å². The Morgan fingerprint density at radius 3 is 2.12 bits per heavy atom. The van der Waals surface area contributed by atoms with E-state index >= 15 is 0 Å². The highest BCUT2D eigenvalue weighted by Gasteiger charge is 2.30. The third kappa shape index (κ3) is 7.88. The molecule has 2 amide bonds. The third-order valence-corrected chi connectivity index (χ3v) is 7.83. The van der Waals surface area contributed by atoms with Gasteiger partial charge in [0.05, 0.1) is 16.6 Å². The van der Waals surface area contributed by atoms with Gasteiger partial charge in [-0.1, -0.05) is 72.8 Å². The summed E-state index contributed by atoms with van der Waals surface area (Å²) in [5, 5.41) is 13.3. The zero-order chi connectivity index (χ0) is 28.7. The molecule has 0 aliphatic heterocycles. The number of thiazole rings is 1. The Bertz CT molecular complexity index is 1540. The highest BCUT2D eigenvalue weighted by Crippen LogP contribution is 2.31. The summed E-state index contributed by atoms with van der Waals surface area (Å²) in [5.74, 6) is -0.472. The molecule has 0 saturated carbocycles. The van der Waals surface area contributed by atoms with Gasteiger partial charge in [-0.3, -0.25) is 19.0 Å². The fourth-order valence-corrected chi connectivity index (χ4v) is 5.53. The van der Waals surface area contributed by atoms with Gasteiger partial charge >= 0.3 is 16.4 Å². The zero-order valence-corrected chi connectivity index (χ0v) is 23.1. The average molecular weight is 581 g/mol. The Labute approximate surface area is 236 Å². The van der Waals surface area contributed by atoms with Crippen molar-refractivity contribution in [2.24, 2.45) is 0 Å². The number of anilines is 1. The number of rotatable bonds is 11. The first kappa shape index (κ1) is 28.7. The summed E-state index contributed by atoms with van der Waals surface area (Å²) >= 11 is 1.42. The maximum Gasteiger partial charge on any atom is 0.407 e. The van der Waals surface area contributed by atoms with E-state index in [1.807, 2.05) is 65.4 Å². The number of nitrogens with zero attached hydrogens (tertiary/aromatic N) is 2. The molecule has 12 heteroatoms. The maximum atomic E-state index is 13.6. The van der Waals surface area contributed by atoms with Gasteiger partial charge in [-0.05, 0) is 35.2 Å². The van der Waals surface area contributed by atoms with Crippen LogP contribution in [0, 0.1) is 0 Å². The van der Waals surface area contributed by atoms with Crippen LogP contribution in [-0.4, -0.2) is 53.1 Å². The van der Waals surface area contributed by atoms with E-state index in [-0.39, 0.29) is 12.1 Å². The number of hydrogen-bond acceptors (Lipinski definition) is 6. The van der Waals surface area contributed by atoms with Gasteiger partial charge in [0.1, 0.15) is 11.0 Å². The molecular weight excluding hydrogens is 552 g/mol. The van der Waals surface area contributed by atoms with Crippen molar-refractivity contribution in [1.82, 2.24) is 15.2 Å². The molecule has 3 aromatic carbocycles. The lowest BCUT2D eigenvalue weighted by molar-refractivity contribution is -0.126. The van der Waals surface area contributed by atoms with Crippen molar-refractivity contribution in [1.29, 1.82) is 0 Å². The lowest BCUT2D eigenvalue weighted by Gasteiger charge is -2.27. The minimum Gasteiger partial charge on any atom is -0.465 e. The molecule has 40 heavy (non-hydrogen) atoms. The smallest absolute Gasteiger partial charge is 0.407 e. The number of benzene rings is 3. The van der Waals surface area contributed by atoms with E-state index in [0.717, 1.165) is 26.5 Å². The highest BCUT2D eigenvalue weighted by atomic mass is 32.2. The summed E-state index contributed by atoms with van der Waals surface area (Å²) in [4.78, 5) is 31.9. The molecule has 208 valence electrons. The van der Waals surface area contributed by atoms with E-state index in [4.69, 9.17) is 4.55 Å². The molecule has 1 heterocycles. The van der Waals surface area contributed by atoms with Crippen LogP contribution in [0.4, 0.5) is 10.5 Å². The van der Waals surface area contributed by atoms with Gasteiger partial charge in [0.15, 0.2) is 0 Å². The van der Waals surface area contributed by atoms with Crippen molar-refractivity contribution in [3.05, 3.63) is 107 Å².